The van der Waals surface area contributed by atoms with Crippen LogP contribution in [0.15, 0.2) is 73.6 Å². The minimum Gasteiger partial charge on any atom is -0.399 e. The Hall–Kier alpha value is -3.47. The van der Waals surface area contributed by atoms with Crippen molar-refractivity contribution in [3.8, 4) is 0 Å². The van der Waals surface area contributed by atoms with E-state index >= 15 is 0 Å². The van der Waals surface area contributed by atoms with E-state index in [-0.39, 0.29) is 0 Å². The van der Waals surface area contributed by atoms with Crippen LogP contribution in [-0.2, 0) is 4.79 Å². The van der Waals surface area contributed by atoms with Gasteiger partial charge in [0.05, 0.1) is 5.69 Å². The van der Waals surface area contributed by atoms with Crippen molar-refractivity contribution in [2.75, 3.05) is 16.4 Å². The third kappa shape index (κ3) is 5.58. The Morgan fingerprint density at radius 1 is 1.08 bits per heavy atom. The molecule has 0 saturated heterocycles. The summed E-state index contributed by atoms with van der Waals surface area (Å²) < 4.78 is 0. The van der Waals surface area contributed by atoms with Gasteiger partial charge in [-0.15, -0.1) is 0 Å². The molecular formula is C20H22N4O. The van der Waals surface area contributed by atoms with E-state index in [0.29, 0.717) is 12.1 Å². The number of aromatic amines is 1. The van der Waals surface area contributed by atoms with Crippen molar-refractivity contribution in [2.24, 2.45) is 0 Å². The number of aromatic nitrogens is 1. The number of nitrogen functional groups attached to an aromatic ring is 1. The molecule has 3 rings (SSSR count). The lowest BCUT2D eigenvalue weighted by molar-refractivity contribution is -0.105. The van der Waals surface area contributed by atoms with Crippen LogP contribution in [0, 0.1) is 0 Å². The highest BCUT2D eigenvalue weighted by Crippen LogP contribution is 2.28. The number of benzene rings is 2. The van der Waals surface area contributed by atoms with Crippen molar-refractivity contribution in [1.29, 1.82) is 0 Å². The molecule has 2 aromatic carbocycles. The molecule has 0 unspecified atom stereocenters. The molecule has 0 aliphatic heterocycles. The Kier molecular flexibility index (Phi) is 6.42. The van der Waals surface area contributed by atoms with Crippen LogP contribution >= 0.6 is 0 Å². The van der Waals surface area contributed by atoms with E-state index in [1.54, 1.807) is 0 Å². The number of hydrogen-bond donors (Lipinski definition) is 4. The van der Waals surface area contributed by atoms with Gasteiger partial charge in [-0.25, -0.2) is 0 Å². The molecule has 0 aliphatic carbocycles. The third-order valence-electron chi connectivity index (χ3n) is 3.37. The van der Waals surface area contributed by atoms with Gasteiger partial charge >= 0.3 is 0 Å². The van der Waals surface area contributed by atoms with Crippen LogP contribution in [0.3, 0.4) is 0 Å². The molecule has 1 aromatic heterocycles. The van der Waals surface area contributed by atoms with Crippen LogP contribution in [0.5, 0.6) is 0 Å². The number of nitrogens with one attached hydrogen (secondary N) is 3. The maximum Gasteiger partial charge on any atom is 0.211 e. The van der Waals surface area contributed by atoms with Gasteiger partial charge in [0.15, 0.2) is 0 Å². The van der Waals surface area contributed by atoms with Crippen LogP contribution in [0.1, 0.15) is 12.5 Å². The summed E-state index contributed by atoms with van der Waals surface area (Å²) >= 11 is 0. The van der Waals surface area contributed by atoms with Crippen LogP contribution in [0.25, 0.3) is 5.57 Å². The largest absolute Gasteiger partial charge is 0.399 e. The smallest absolute Gasteiger partial charge is 0.211 e. The van der Waals surface area contributed by atoms with Crippen LogP contribution in [0.2, 0.25) is 0 Å². The molecule has 0 bridgehead atoms. The van der Waals surface area contributed by atoms with E-state index in [1.807, 2.05) is 73.9 Å². The van der Waals surface area contributed by atoms with E-state index in [9.17, 15) is 4.79 Å². The summed E-state index contributed by atoms with van der Waals surface area (Å²) in [6, 6.07) is 17.1. The van der Waals surface area contributed by atoms with Crippen molar-refractivity contribution in [2.45, 2.75) is 6.92 Å². The number of anilines is 4. The molecule has 5 heteroatoms. The molecule has 0 saturated carbocycles. The minimum atomic E-state index is 0.659. The van der Waals surface area contributed by atoms with Gasteiger partial charge in [-0.3, -0.25) is 4.79 Å². The first-order valence-electron chi connectivity index (χ1n) is 7.80. The second-order valence-corrected chi connectivity index (χ2v) is 5.44. The van der Waals surface area contributed by atoms with Gasteiger partial charge in [-0.2, -0.15) is 0 Å². The van der Waals surface area contributed by atoms with Gasteiger partial charge in [0.25, 0.3) is 0 Å². The Morgan fingerprint density at radius 2 is 1.80 bits per heavy atom. The first-order chi connectivity index (χ1) is 12.1. The molecule has 0 aliphatic rings. The average Bonchev–Trinajstić information content (AvgIpc) is 3.15. The van der Waals surface area contributed by atoms with E-state index in [4.69, 9.17) is 5.73 Å². The predicted molar refractivity (Wildman–Crippen MR) is 106 cm³/mol. The van der Waals surface area contributed by atoms with Gasteiger partial charge in [0.2, 0.25) is 6.41 Å². The molecule has 0 radical (unpaired) electrons. The normalized spacial score (nSPS) is 9.48. The SMILES string of the molecule is C=C(C)c1ccc(Nc2cccc(N)c2)cc1NC=O.c1cc[nH]c1. The van der Waals surface area contributed by atoms with Gasteiger partial charge in [0.1, 0.15) is 0 Å². The number of carbonyl (C=O) groups is 1. The van der Waals surface area contributed by atoms with Crippen molar-refractivity contribution in [3.63, 3.8) is 0 Å². The fourth-order valence-electron chi connectivity index (χ4n) is 2.24. The molecule has 5 N–H and O–H groups in total. The average molecular weight is 334 g/mol. The number of hydrogen-bond acceptors (Lipinski definition) is 3. The van der Waals surface area contributed by atoms with Crippen molar-refractivity contribution in [3.05, 3.63) is 79.1 Å². The van der Waals surface area contributed by atoms with Crippen LogP contribution < -0.4 is 16.4 Å². The zero-order chi connectivity index (χ0) is 18.1. The van der Waals surface area contributed by atoms with E-state index in [1.165, 1.54) is 0 Å². The Balaban J connectivity index is 0.000000386. The molecule has 1 heterocycles. The first-order valence-corrected chi connectivity index (χ1v) is 7.80. The molecule has 0 fully saturated rings. The standard InChI is InChI=1S/C16H17N3O.C4H5N/c1-11(2)15-7-6-14(9-16(15)18-10-20)19-13-5-3-4-12(17)8-13;1-2-4-5-3-1/h3-10,19H,1,17H2,2H3,(H,18,20);1-5H. The van der Waals surface area contributed by atoms with Gasteiger partial charge in [-0.1, -0.05) is 18.7 Å². The van der Waals surface area contributed by atoms with Gasteiger partial charge < -0.3 is 21.4 Å². The number of nitrogens with two attached hydrogens (primary N) is 1. The molecule has 25 heavy (non-hydrogen) atoms. The van der Waals surface area contributed by atoms with Crippen LogP contribution in [0.4, 0.5) is 22.7 Å². The highest BCUT2D eigenvalue weighted by Gasteiger charge is 2.04. The summed E-state index contributed by atoms with van der Waals surface area (Å²) in [5.41, 5.74) is 10.7. The molecule has 1 amide bonds. The third-order valence-corrected chi connectivity index (χ3v) is 3.37. The molecule has 128 valence electrons. The number of H-pyrrole nitrogens is 1. The van der Waals surface area contributed by atoms with Crippen molar-refractivity contribution < 1.29 is 4.79 Å². The maximum atomic E-state index is 10.7. The summed E-state index contributed by atoms with van der Waals surface area (Å²) in [7, 11) is 0. The molecule has 0 spiro atoms. The molecule has 5 nitrogen and oxygen atoms in total. The second kappa shape index (κ2) is 8.98. The van der Waals surface area contributed by atoms with Crippen molar-refractivity contribution in [1.82, 2.24) is 4.98 Å². The number of amides is 1. The minimum absolute atomic E-state index is 0.659. The Labute approximate surface area is 147 Å². The molecular weight excluding hydrogens is 312 g/mol. The zero-order valence-corrected chi connectivity index (χ0v) is 14.1. The fourth-order valence-corrected chi connectivity index (χ4v) is 2.24. The van der Waals surface area contributed by atoms with Gasteiger partial charge in [-0.05, 0) is 55.0 Å². The lowest BCUT2D eigenvalue weighted by Crippen LogP contribution is -1.99. The fraction of sp³-hybridized carbons (Fsp3) is 0.0500. The van der Waals surface area contributed by atoms with Gasteiger partial charge in [0, 0.05) is 35.0 Å². The summed E-state index contributed by atoms with van der Waals surface area (Å²) in [5, 5.41) is 5.93. The van der Waals surface area contributed by atoms with E-state index in [2.05, 4.69) is 22.2 Å². The Morgan fingerprint density at radius 3 is 2.36 bits per heavy atom. The summed E-state index contributed by atoms with van der Waals surface area (Å²) in [6.07, 6.45) is 4.41. The predicted octanol–water partition coefficient (Wildman–Crippen LogP) is 4.63. The van der Waals surface area contributed by atoms with Crippen molar-refractivity contribution >= 4 is 34.7 Å². The summed E-state index contributed by atoms with van der Waals surface area (Å²) in [6.45, 7) is 5.80. The lowest BCUT2D eigenvalue weighted by Gasteiger charge is -2.12. The summed E-state index contributed by atoms with van der Waals surface area (Å²) in [5.74, 6) is 0. The monoisotopic (exact) mass is 334 g/mol. The summed E-state index contributed by atoms with van der Waals surface area (Å²) in [4.78, 5) is 13.5. The molecule has 0 atom stereocenters. The Bertz CT molecular complexity index is 808. The topological polar surface area (TPSA) is 82.9 Å². The number of rotatable bonds is 5. The number of allylic oxidation sites excluding steroid dienone is 1. The van der Waals surface area contributed by atoms with Crippen LogP contribution in [-0.4, -0.2) is 11.4 Å². The maximum absolute atomic E-state index is 10.7. The van der Waals surface area contributed by atoms with E-state index < -0.39 is 0 Å². The second-order valence-electron chi connectivity index (χ2n) is 5.44. The lowest BCUT2D eigenvalue weighted by atomic mass is 10.1. The molecule has 3 aromatic rings. The zero-order valence-electron chi connectivity index (χ0n) is 14.1. The first kappa shape index (κ1) is 17.9. The number of carbonyl (C=O) groups excluding carboxylic acids is 1. The highest BCUT2D eigenvalue weighted by molar-refractivity contribution is 5.84. The van der Waals surface area contributed by atoms with E-state index in [0.717, 1.165) is 28.2 Å². The quantitative estimate of drug-likeness (QED) is 0.405. The highest BCUT2D eigenvalue weighted by atomic mass is 16.1.